The molecule has 2 rings (SSSR count). The number of rotatable bonds is 3. The van der Waals surface area contributed by atoms with Crippen molar-refractivity contribution in [1.29, 1.82) is 0 Å². The first-order valence-corrected chi connectivity index (χ1v) is 5.26. The maximum absolute atomic E-state index is 6.02. The number of anilines is 1. The molecule has 0 radical (unpaired) electrons. The van der Waals surface area contributed by atoms with Crippen molar-refractivity contribution in [2.75, 3.05) is 20.0 Å². The third kappa shape index (κ3) is 2.01. The lowest BCUT2D eigenvalue weighted by molar-refractivity contribution is 0.356. The van der Waals surface area contributed by atoms with Gasteiger partial charge in [-0.05, 0) is 6.07 Å². The van der Waals surface area contributed by atoms with Gasteiger partial charge in [0.2, 0.25) is 0 Å². The smallest absolute Gasteiger partial charge is 0.168 e. The van der Waals surface area contributed by atoms with Crippen LogP contribution in [0.15, 0.2) is 18.3 Å². The minimum atomic E-state index is 0.451. The lowest BCUT2D eigenvalue weighted by Crippen LogP contribution is -1.95. The number of benzene rings is 1. The summed E-state index contributed by atoms with van der Waals surface area (Å²) in [6.45, 7) is 0. The van der Waals surface area contributed by atoms with E-state index < -0.39 is 0 Å². The molecule has 0 saturated heterocycles. The largest absolute Gasteiger partial charge is 0.493 e. The fourth-order valence-electron chi connectivity index (χ4n) is 1.64. The van der Waals surface area contributed by atoms with E-state index in [1.165, 1.54) is 0 Å². The third-order valence-corrected chi connectivity index (χ3v) is 2.62. The number of methoxy groups -OCH3 is 2. The zero-order valence-corrected chi connectivity index (χ0v) is 10.2. The summed E-state index contributed by atoms with van der Waals surface area (Å²) in [6.07, 6.45) is 1.61. The molecule has 3 N–H and O–H groups in total. The Morgan fingerprint density at radius 2 is 2.00 bits per heavy atom. The molecule has 0 atom stereocenters. The molecule has 5 nitrogen and oxygen atoms in total. The molecule has 0 saturated carbocycles. The van der Waals surface area contributed by atoms with E-state index in [1.54, 1.807) is 32.5 Å². The van der Waals surface area contributed by atoms with E-state index in [2.05, 4.69) is 10.2 Å². The monoisotopic (exact) mass is 253 g/mol. The molecule has 0 amide bonds. The first-order chi connectivity index (χ1) is 8.17. The van der Waals surface area contributed by atoms with Crippen molar-refractivity contribution in [2.45, 2.75) is 0 Å². The van der Waals surface area contributed by atoms with Crippen LogP contribution in [-0.2, 0) is 0 Å². The first-order valence-electron chi connectivity index (χ1n) is 4.88. The van der Waals surface area contributed by atoms with Crippen LogP contribution in [0.3, 0.4) is 0 Å². The van der Waals surface area contributed by atoms with Crippen LogP contribution in [0.5, 0.6) is 11.5 Å². The highest BCUT2D eigenvalue weighted by molar-refractivity contribution is 6.31. The molecule has 0 unspecified atom stereocenters. The summed E-state index contributed by atoms with van der Waals surface area (Å²) in [5.41, 5.74) is 7.24. The quantitative estimate of drug-likeness (QED) is 0.881. The number of hydrogen-bond acceptors (Lipinski definition) is 4. The van der Waals surface area contributed by atoms with E-state index in [0.29, 0.717) is 22.3 Å². The van der Waals surface area contributed by atoms with Gasteiger partial charge >= 0.3 is 0 Å². The van der Waals surface area contributed by atoms with Crippen LogP contribution in [0.25, 0.3) is 11.1 Å². The second kappa shape index (κ2) is 4.55. The fraction of sp³-hybridized carbons (Fsp3) is 0.182. The Morgan fingerprint density at radius 1 is 1.24 bits per heavy atom. The van der Waals surface area contributed by atoms with Gasteiger partial charge in [-0.2, -0.15) is 5.10 Å². The molecular formula is C11H12ClN3O2. The Hall–Kier alpha value is -1.88. The standard InChI is InChI=1S/C11H12ClN3O2/c1-16-9-4-6(12)3-7(10(9)17-2)8-5-14-15-11(8)13/h3-5H,1-2H3,(H3,13,14,15). The number of aromatic nitrogens is 2. The van der Waals surface area contributed by atoms with Gasteiger partial charge in [0.15, 0.2) is 11.5 Å². The highest BCUT2D eigenvalue weighted by Gasteiger charge is 2.16. The number of nitrogens with one attached hydrogen (secondary N) is 1. The summed E-state index contributed by atoms with van der Waals surface area (Å²) in [7, 11) is 3.11. The number of halogens is 1. The molecule has 1 aromatic carbocycles. The second-order valence-electron chi connectivity index (χ2n) is 3.39. The topological polar surface area (TPSA) is 73.2 Å². The number of nitrogen functional groups attached to an aromatic ring is 1. The molecule has 0 bridgehead atoms. The van der Waals surface area contributed by atoms with Gasteiger partial charge in [-0.3, -0.25) is 5.10 Å². The van der Waals surface area contributed by atoms with Gasteiger partial charge in [0.1, 0.15) is 5.82 Å². The normalized spacial score (nSPS) is 10.3. The molecule has 0 spiro atoms. The van der Waals surface area contributed by atoms with E-state index in [9.17, 15) is 0 Å². The summed E-state index contributed by atoms with van der Waals surface area (Å²) < 4.78 is 10.5. The van der Waals surface area contributed by atoms with Gasteiger partial charge < -0.3 is 15.2 Å². The van der Waals surface area contributed by atoms with Gasteiger partial charge in [0, 0.05) is 22.2 Å². The Balaban J connectivity index is 2.68. The summed E-state index contributed by atoms with van der Waals surface area (Å²) in [5, 5.41) is 7.07. The van der Waals surface area contributed by atoms with Crippen LogP contribution in [0.1, 0.15) is 0 Å². The Bertz CT molecular complexity index is 540. The number of ether oxygens (including phenoxy) is 2. The Morgan fingerprint density at radius 3 is 2.53 bits per heavy atom. The maximum atomic E-state index is 6.02. The number of H-pyrrole nitrogens is 1. The molecule has 17 heavy (non-hydrogen) atoms. The van der Waals surface area contributed by atoms with Gasteiger partial charge in [-0.15, -0.1) is 0 Å². The minimum Gasteiger partial charge on any atom is -0.493 e. The van der Waals surface area contributed by atoms with Gasteiger partial charge in [-0.25, -0.2) is 0 Å². The van der Waals surface area contributed by atoms with Crippen molar-refractivity contribution >= 4 is 17.4 Å². The van der Waals surface area contributed by atoms with Crippen molar-refractivity contribution in [3.05, 3.63) is 23.4 Å². The van der Waals surface area contributed by atoms with Crippen LogP contribution >= 0.6 is 11.6 Å². The van der Waals surface area contributed by atoms with Gasteiger partial charge in [-0.1, -0.05) is 11.6 Å². The van der Waals surface area contributed by atoms with E-state index in [4.69, 9.17) is 26.8 Å². The van der Waals surface area contributed by atoms with E-state index in [1.807, 2.05) is 0 Å². The predicted octanol–water partition coefficient (Wildman–Crippen LogP) is 2.33. The minimum absolute atomic E-state index is 0.451. The zero-order chi connectivity index (χ0) is 12.4. The van der Waals surface area contributed by atoms with Crippen LogP contribution in [0, 0.1) is 0 Å². The summed E-state index contributed by atoms with van der Waals surface area (Å²) in [6, 6.07) is 3.43. The highest BCUT2D eigenvalue weighted by atomic mass is 35.5. The molecule has 90 valence electrons. The number of nitrogens with two attached hydrogens (primary N) is 1. The van der Waals surface area contributed by atoms with Crippen molar-refractivity contribution in [3.63, 3.8) is 0 Å². The number of hydrogen-bond donors (Lipinski definition) is 2. The van der Waals surface area contributed by atoms with Crippen LogP contribution < -0.4 is 15.2 Å². The fourth-order valence-corrected chi connectivity index (χ4v) is 1.85. The van der Waals surface area contributed by atoms with Gasteiger partial charge in [0.25, 0.3) is 0 Å². The maximum Gasteiger partial charge on any atom is 0.168 e. The number of aromatic amines is 1. The molecule has 6 heteroatoms. The van der Waals surface area contributed by atoms with Crippen LogP contribution in [-0.4, -0.2) is 24.4 Å². The molecular weight excluding hydrogens is 242 g/mol. The molecule has 0 aliphatic rings. The van der Waals surface area contributed by atoms with Crippen molar-refractivity contribution < 1.29 is 9.47 Å². The summed E-state index contributed by atoms with van der Waals surface area (Å²) >= 11 is 6.02. The summed E-state index contributed by atoms with van der Waals surface area (Å²) in [4.78, 5) is 0. The lowest BCUT2D eigenvalue weighted by Gasteiger charge is -2.12. The molecule has 2 aromatic rings. The lowest BCUT2D eigenvalue weighted by atomic mass is 10.1. The summed E-state index contributed by atoms with van der Waals surface area (Å²) in [5.74, 6) is 1.58. The average molecular weight is 254 g/mol. The predicted molar refractivity (Wildman–Crippen MR) is 66.6 cm³/mol. The van der Waals surface area contributed by atoms with Crippen molar-refractivity contribution in [1.82, 2.24) is 10.2 Å². The highest BCUT2D eigenvalue weighted by Crippen LogP contribution is 2.41. The Labute approximate surface area is 103 Å². The SMILES string of the molecule is COc1cc(Cl)cc(-c2cn[nH]c2N)c1OC. The van der Waals surface area contributed by atoms with Crippen LogP contribution in [0.2, 0.25) is 5.02 Å². The number of nitrogens with zero attached hydrogens (tertiary/aromatic N) is 1. The van der Waals surface area contributed by atoms with E-state index in [-0.39, 0.29) is 0 Å². The van der Waals surface area contributed by atoms with Crippen LogP contribution in [0.4, 0.5) is 5.82 Å². The average Bonchev–Trinajstić information content (AvgIpc) is 2.74. The molecule has 1 aromatic heterocycles. The van der Waals surface area contributed by atoms with Crippen molar-refractivity contribution in [2.24, 2.45) is 0 Å². The third-order valence-electron chi connectivity index (χ3n) is 2.40. The van der Waals surface area contributed by atoms with E-state index >= 15 is 0 Å². The molecule has 0 aliphatic heterocycles. The Kier molecular flexibility index (Phi) is 3.10. The first kappa shape index (κ1) is 11.6. The molecule has 0 aliphatic carbocycles. The van der Waals surface area contributed by atoms with Crippen molar-refractivity contribution in [3.8, 4) is 22.6 Å². The second-order valence-corrected chi connectivity index (χ2v) is 3.82. The van der Waals surface area contributed by atoms with E-state index in [0.717, 1.165) is 11.1 Å². The zero-order valence-electron chi connectivity index (χ0n) is 9.45. The molecule has 1 heterocycles. The van der Waals surface area contributed by atoms with Gasteiger partial charge in [0.05, 0.1) is 20.4 Å². The molecule has 0 fully saturated rings.